The van der Waals surface area contributed by atoms with Crippen LogP contribution in [0.1, 0.15) is 24.1 Å². The number of methoxy groups -OCH3 is 1. The Morgan fingerprint density at radius 2 is 1.79 bits per heavy atom. The Morgan fingerprint density at radius 3 is 2.42 bits per heavy atom. The number of benzene rings is 2. The van der Waals surface area contributed by atoms with Crippen LogP contribution in [0.4, 0.5) is 0 Å². The van der Waals surface area contributed by atoms with Gasteiger partial charge in [0.25, 0.3) is 0 Å². The largest absolute Gasteiger partial charge is 0.497 e. The van der Waals surface area contributed by atoms with Crippen molar-refractivity contribution in [2.45, 2.75) is 19.6 Å². The maximum atomic E-state index is 5.85. The third-order valence-corrected chi connectivity index (χ3v) is 2.95. The van der Waals surface area contributed by atoms with Gasteiger partial charge >= 0.3 is 0 Å². The van der Waals surface area contributed by atoms with E-state index in [4.69, 9.17) is 15.2 Å². The summed E-state index contributed by atoms with van der Waals surface area (Å²) in [6.07, 6.45) is 0. The Morgan fingerprint density at radius 1 is 1.05 bits per heavy atom. The first-order valence-electron chi connectivity index (χ1n) is 6.30. The number of hydrogen-bond acceptors (Lipinski definition) is 3. The zero-order chi connectivity index (χ0) is 13.7. The van der Waals surface area contributed by atoms with E-state index in [0.717, 1.165) is 22.6 Å². The van der Waals surface area contributed by atoms with Crippen LogP contribution in [0.15, 0.2) is 48.5 Å². The van der Waals surface area contributed by atoms with Crippen molar-refractivity contribution >= 4 is 0 Å². The van der Waals surface area contributed by atoms with Gasteiger partial charge in [0, 0.05) is 6.04 Å². The standard InChI is InChI=1S/C16H19NO2/c1-12(17)14-4-3-5-16(10-14)19-11-13-6-8-15(18-2)9-7-13/h3-10,12H,11,17H2,1-2H3/t12-/m0/s1. The van der Waals surface area contributed by atoms with Gasteiger partial charge < -0.3 is 15.2 Å². The Kier molecular flexibility index (Phi) is 4.42. The highest BCUT2D eigenvalue weighted by molar-refractivity contribution is 5.31. The molecule has 0 heterocycles. The quantitative estimate of drug-likeness (QED) is 0.893. The van der Waals surface area contributed by atoms with Gasteiger partial charge in [-0.25, -0.2) is 0 Å². The van der Waals surface area contributed by atoms with Crippen molar-refractivity contribution in [1.82, 2.24) is 0 Å². The number of nitrogens with two attached hydrogens (primary N) is 1. The van der Waals surface area contributed by atoms with Crippen LogP contribution < -0.4 is 15.2 Å². The lowest BCUT2D eigenvalue weighted by atomic mass is 10.1. The molecular weight excluding hydrogens is 238 g/mol. The molecule has 3 nitrogen and oxygen atoms in total. The van der Waals surface area contributed by atoms with Crippen molar-refractivity contribution in [1.29, 1.82) is 0 Å². The molecule has 100 valence electrons. The van der Waals surface area contributed by atoms with E-state index in [1.165, 1.54) is 0 Å². The second-order valence-corrected chi connectivity index (χ2v) is 4.50. The summed E-state index contributed by atoms with van der Waals surface area (Å²) in [5.41, 5.74) is 8.03. The van der Waals surface area contributed by atoms with Crippen LogP contribution in [-0.4, -0.2) is 7.11 Å². The maximum absolute atomic E-state index is 5.85. The molecule has 0 aromatic heterocycles. The van der Waals surface area contributed by atoms with E-state index in [1.807, 2.05) is 55.5 Å². The Bertz CT molecular complexity index is 521. The molecule has 0 aliphatic rings. The summed E-state index contributed by atoms with van der Waals surface area (Å²) in [6, 6.07) is 15.7. The molecular formula is C16H19NO2. The van der Waals surface area contributed by atoms with Gasteiger partial charge in [-0.1, -0.05) is 24.3 Å². The van der Waals surface area contributed by atoms with Gasteiger partial charge in [0.15, 0.2) is 0 Å². The van der Waals surface area contributed by atoms with Crippen LogP contribution in [0.3, 0.4) is 0 Å². The first kappa shape index (κ1) is 13.4. The molecule has 2 N–H and O–H groups in total. The summed E-state index contributed by atoms with van der Waals surface area (Å²) in [5, 5.41) is 0. The minimum atomic E-state index is 0.0181. The second kappa shape index (κ2) is 6.25. The minimum absolute atomic E-state index is 0.0181. The topological polar surface area (TPSA) is 44.5 Å². The van der Waals surface area contributed by atoms with E-state index in [2.05, 4.69) is 0 Å². The monoisotopic (exact) mass is 257 g/mol. The van der Waals surface area contributed by atoms with Crippen LogP contribution in [0.5, 0.6) is 11.5 Å². The third kappa shape index (κ3) is 3.73. The molecule has 0 aliphatic carbocycles. The second-order valence-electron chi connectivity index (χ2n) is 4.50. The molecule has 0 spiro atoms. The predicted octanol–water partition coefficient (Wildman–Crippen LogP) is 3.29. The molecule has 0 unspecified atom stereocenters. The van der Waals surface area contributed by atoms with E-state index < -0.39 is 0 Å². The number of ether oxygens (including phenoxy) is 2. The maximum Gasteiger partial charge on any atom is 0.120 e. The fourth-order valence-electron chi connectivity index (χ4n) is 1.78. The summed E-state index contributed by atoms with van der Waals surface area (Å²) in [7, 11) is 1.66. The van der Waals surface area contributed by atoms with Crippen molar-refractivity contribution in [2.75, 3.05) is 7.11 Å². The lowest BCUT2D eigenvalue weighted by Crippen LogP contribution is -2.05. The van der Waals surface area contributed by atoms with E-state index in [0.29, 0.717) is 6.61 Å². The first-order chi connectivity index (χ1) is 9.19. The van der Waals surface area contributed by atoms with Gasteiger partial charge in [0.05, 0.1) is 7.11 Å². The SMILES string of the molecule is COc1ccc(COc2cccc([C@H](C)N)c2)cc1. The highest BCUT2D eigenvalue weighted by atomic mass is 16.5. The lowest BCUT2D eigenvalue weighted by molar-refractivity contribution is 0.305. The van der Waals surface area contributed by atoms with E-state index in [9.17, 15) is 0 Å². The molecule has 19 heavy (non-hydrogen) atoms. The van der Waals surface area contributed by atoms with E-state index >= 15 is 0 Å². The normalized spacial score (nSPS) is 11.9. The molecule has 0 aliphatic heterocycles. The number of hydrogen-bond donors (Lipinski definition) is 1. The molecule has 2 rings (SSSR count). The zero-order valence-electron chi connectivity index (χ0n) is 11.3. The average Bonchev–Trinajstić information content (AvgIpc) is 2.46. The summed E-state index contributed by atoms with van der Waals surface area (Å²) in [5.74, 6) is 1.69. The fraction of sp³-hybridized carbons (Fsp3) is 0.250. The zero-order valence-corrected chi connectivity index (χ0v) is 11.3. The van der Waals surface area contributed by atoms with Crippen LogP contribution >= 0.6 is 0 Å². The summed E-state index contributed by atoms with van der Waals surface area (Å²) in [6.45, 7) is 2.50. The third-order valence-electron chi connectivity index (χ3n) is 2.95. The summed E-state index contributed by atoms with van der Waals surface area (Å²) in [4.78, 5) is 0. The molecule has 3 heteroatoms. The van der Waals surface area contributed by atoms with Crippen molar-refractivity contribution < 1.29 is 9.47 Å². The van der Waals surface area contributed by atoms with Crippen molar-refractivity contribution in [3.05, 3.63) is 59.7 Å². The lowest BCUT2D eigenvalue weighted by Gasteiger charge is -2.10. The fourth-order valence-corrected chi connectivity index (χ4v) is 1.78. The van der Waals surface area contributed by atoms with Crippen LogP contribution in [0.25, 0.3) is 0 Å². The van der Waals surface area contributed by atoms with Crippen molar-refractivity contribution in [3.63, 3.8) is 0 Å². The molecule has 0 fully saturated rings. The Hall–Kier alpha value is -2.00. The van der Waals surface area contributed by atoms with Gasteiger partial charge in [0.1, 0.15) is 18.1 Å². The first-order valence-corrected chi connectivity index (χ1v) is 6.30. The summed E-state index contributed by atoms with van der Waals surface area (Å²) < 4.78 is 10.9. The molecule has 0 bridgehead atoms. The minimum Gasteiger partial charge on any atom is -0.497 e. The molecule has 2 aromatic carbocycles. The predicted molar refractivity (Wildman–Crippen MR) is 76.4 cm³/mol. The van der Waals surface area contributed by atoms with Crippen molar-refractivity contribution in [3.8, 4) is 11.5 Å². The Balaban J connectivity index is 1.99. The molecule has 0 amide bonds. The average molecular weight is 257 g/mol. The van der Waals surface area contributed by atoms with E-state index in [1.54, 1.807) is 7.11 Å². The van der Waals surface area contributed by atoms with Gasteiger partial charge in [0.2, 0.25) is 0 Å². The highest BCUT2D eigenvalue weighted by Gasteiger charge is 2.02. The van der Waals surface area contributed by atoms with Gasteiger partial charge in [-0.2, -0.15) is 0 Å². The molecule has 2 aromatic rings. The van der Waals surface area contributed by atoms with Crippen molar-refractivity contribution in [2.24, 2.45) is 5.73 Å². The van der Waals surface area contributed by atoms with E-state index in [-0.39, 0.29) is 6.04 Å². The van der Waals surface area contributed by atoms with Gasteiger partial charge in [-0.15, -0.1) is 0 Å². The molecule has 1 atom stereocenters. The van der Waals surface area contributed by atoms with Gasteiger partial charge in [-0.05, 0) is 42.3 Å². The smallest absolute Gasteiger partial charge is 0.120 e. The van der Waals surface area contributed by atoms with Crippen LogP contribution in [0, 0.1) is 0 Å². The molecule has 0 radical (unpaired) electrons. The van der Waals surface area contributed by atoms with Gasteiger partial charge in [-0.3, -0.25) is 0 Å². The van der Waals surface area contributed by atoms with Crippen LogP contribution in [-0.2, 0) is 6.61 Å². The highest BCUT2D eigenvalue weighted by Crippen LogP contribution is 2.19. The Labute approximate surface area is 114 Å². The van der Waals surface area contributed by atoms with Crippen LogP contribution in [0.2, 0.25) is 0 Å². The summed E-state index contributed by atoms with van der Waals surface area (Å²) >= 11 is 0. The number of rotatable bonds is 5. The molecule has 0 saturated heterocycles. The molecule has 0 saturated carbocycles.